The van der Waals surface area contributed by atoms with E-state index < -0.39 is 0 Å². The van der Waals surface area contributed by atoms with E-state index in [4.69, 9.17) is 4.74 Å². The number of carbonyl (C=O) groups excluding carboxylic acids is 1. The molecule has 27 heavy (non-hydrogen) atoms. The number of amides is 1. The molecule has 150 valence electrons. The Morgan fingerprint density at radius 1 is 1.30 bits per heavy atom. The molecule has 2 N–H and O–H groups in total. The molecule has 1 saturated heterocycles. The van der Waals surface area contributed by atoms with E-state index in [0.717, 1.165) is 57.0 Å². The molecule has 1 aliphatic heterocycles. The van der Waals surface area contributed by atoms with E-state index in [1.807, 2.05) is 30.9 Å². The number of benzene rings is 1. The summed E-state index contributed by atoms with van der Waals surface area (Å²) in [5, 5.41) is 6.82. The third-order valence-corrected chi connectivity index (χ3v) is 4.90. The Hall–Kier alpha value is -2.24. The number of aryl methyl sites for hydroxylation is 1. The Labute approximate surface area is 163 Å². The minimum Gasteiger partial charge on any atom is -0.497 e. The summed E-state index contributed by atoms with van der Waals surface area (Å²) in [7, 11) is 3.48. The van der Waals surface area contributed by atoms with Crippen molar-refractivity contribution in [3.8, 4) is 5.75 Å². The van der Waals surface area contributed by atoms with Crippen molar-refractivity contribution in [2.24, 2.45) is 10.9 Å². The molecule has 2 rings (SSSR count). The maximum atomic E-state index is 12.1. The quantitative estimate of drug-likeness (QED) is 0.417. The SMILES string of the molecule is CN=C(NCCCCc1ccc(OC)cc1)NC1CCN(C(=O)C(C)C)C1. The van der Waals surface area contributed by atoms with Crippen LogP contribution >= 0.6 is 0 Å². The molecule has 1 amide bonds. The summed E-state index contributed by atoms with van der Waals surface area (Å²) >= 11 is 0. The standard InChI is InChI=1S/C21H34N4O2/c1-16(2)20(26)25-14-12-18(15-25)24-21(22-3)23-13-6-5-7-17-8-10-19(27-4)11-9-17/h8-11,16,18H,5-7,12-15H2,1-4H3,(H2,22,23,24). The molecule has 0 radical (unpaired) electrons. The summed E-state index contributed by atoms with van der Waals surface area (Å²) in [4.78, 5) is 18.3. The molecule has 1 fully saturated rings. The number of likely N-dealkylation sites (tertiary alicyclic amines) is 1. The van der Waals surface area contributed by atoms with Crippen molar-refractivity contribution >= 4 is 11.9 Å². The predicted octanol–water partition coefficient (Wildman–Crippen LogP) is 2.44. The summed E-state index contributed by atoms with van der Waals surface area (Å²) < 4.78 is 5.18. The summed E-state index contributed by atoms with van der Waals surface area (Å²) in [6.45, 7) is 6.38. The molecule has 1 unspecified atom stereocenters. The van der Waals surface area contributed by atoms with Crippen molar-refractivity contribution in [2.45, 2.75) is 45.6 Å². The first-order chi connectivity index (χ1) is 13.0. The molecule has 0 spiro atoms. The van der Waals surface area contributed by atoms with E-state index in [1.165, 1.54) is 5.56 Å². The van der Waals surface area contributed by atoms with Gasteiger partial charge in [0.25, 0.3) is 0 Å². The average molecular weight is 375 g/mol. The number of nitrogens with one attached hydrogen (secondary N) is 2. The first kappa shape index (κ1) is 21.1. The van der Waals surface area contributed by atoms with Crippen molar-refractivity contribution in [2.75, 3.05) is 33.8 Å². The van der Waals surface area contributed by atoms with Gasteiger partial charge in [-0.15, -0.1) is 0 Å². The van der Waals surface area contributed by atoms with Crippen LogP contribution in [-0.4, -0.2) is 56.6 Å². The van der Waals surface area contributed by atoms with Crippen molar-refractivity contribution in [3.63, 3.8) is 0 Å². The van der Waals surface area contributed by atoms with E-state index in [2.05, 4.69) is 27.8 Å². The van der Waals surface area contributed by atoms with Crippen LogP contribution in [0.5, 0.6) is 5.75 Å². The second-order valence-corrected chi connectivity index (χ2v) is 7.37. The highest BCUT2D eigenvalue weighted by Gasteiger charge is 2.27. The van der Waals surface area contributed by atoms with Crippen molar-refractivity contribution in [1.29, 1.82) is 0 Å². The van der Waals surface area contributed by atoms with E-state index in [9.17, 15) is 4.79 Å². The molecule has 0 saturated carbocycles. The predicted molar refractivity (Wildman–Crippen MR) is 110 cm³/mol. The lowest BCUT2D eigenvalue weighted by molar-refractivity contribution is -0.133. The molecule has 6 heteroatoms. The Morgan fingerprint density at radius 2 is 2.04 bits per heavy atom. The molecular formula is C21H34N4O2. The highest BCUT2D eigenvalue weighted by molar-refractivity contribution is 5.81. The van der Waals surface area contributed by atoms with Gasteiger partial charge in [0.2, 0.25) is 5.91 Å². The number of hydrogen-bond acceptors (Lipinski definition) is 3. The Morgan fingerprint density at radius 3 is 2.67 bits per heavy atom. The third kappa shape index (κ3) is 6.77. The number of hydrogen-bond donors (Lipinski definition) is 2. The zero-order valence-electron chi connectivity index (χ0n) is 17.1. The maximum absolute atomic E-state index is 12.1. The van der Waals surface area contributed by atoms with Gasteiger partial charge in [-0.1, -0.05) is 26.0 Å². The number of ether oxygens (including phenoxy) is 1. The van der Waals surface area contributed by atoms with Gasteiger partial charge in [0, 0.05) is 38.6 Å². The van der Waals surface area contributed by atoms with Crippen LogP contribution in [0.2, 0.25) is 0 Å². The summed E-state index contributed by atoms with van der Waals surface area (Å²) in [5.41, 5.74) is 1.33. The number of rotatable bonds is 8. The fraction of sp³-hybridized carbons (Fsp3) is 0.619. The van der Waals surface area contributed by atoms with E-state index in [0.29, 0.717) is 0 Å². The minimum absolute atomic E-state index is 0.0619. The van der Waals surface area contributed by atoms with Gasteiger partial charge in [0.05, 0.1) is 7.11 Å². The Kier molecular flexibility index (Phi) is 8.43. The lowest BCUT2D eigenvalue weighted by Crippen LogP contribution is -2.45. The molecule has 0 aliphatic carbocycles. The van der Waals surface area contributed by atoms with Crippen LogP contribution in [-0.2, 0) is 11.2 Å². The van der Waals surface area contributed by atoms with Crippen LogP contribution in [0.4, 0.5) is 0 Å². The second-order valence-electron chi connectivity index (χ2n) is 7.37. The smallest absolute Gasteiger partial charge is 0.225 e. The van der Waals surface area contributed by atoms with Gasteiger partial charge in [-0.05, 0) is 43.4 Å². The monoisotopic (exact) mass is 374 g/mol. The second kappa shape index (κ2) is 10.8. The normalized spacial score (nSPS) is 17.3. The molecule has 0 bridgehead atoms. The molecule has 1 aliphatic rings. The van der Waals surface area contributed by atoms with Gasteiger partial charge in [-0.2, -0.15) is 0 Å². The van der Waals surface area contributed by atoms with Gasteiger partial charge in [0.15, 0.2) is 5.96 Å². The Balaban J connectivity index is 1.63. The van der Waals surface area contributed by atoms with E-state index >= 15 is 0 Å². The maximum Gasteiger partial charge on any atom is 0.225 e. The first-order valence-electron chi connectivity index (χ1n) is 9.92. The molecular weight excluding hydrogens is 340 g/mol. The fourth-order valence-corrected chi connectivity index (χ4v) is 3.28. The van der Waals surface area contributed by atoms with Crippen LogP contribution in [0.3, 0.4) is 0 Å². The van der Waals surface area contributed by atoms with Crippen LogP contribution in [0.15, 0.2) is 29.3 Å². The van der Waals surface area contributed by atoms with Gasteiger partial charge in [-0.3, -0.25) is 9.79 Å². The molecule has 1 aromatic rings. The van der Waals surface area contributed by atoms with E-state index in [-0.39, 0.29) is 17.9 Å². The van der Waals surface area contributed by atoms with Gasteiger partial charge in [-0.25, -0.2) is 0 Å². The molecule has 1 aromatic carbocycles. The summed E-state index contributed by atoms with van der Waals surface area (Å²) in [5.74, 6) is 2.02. The van der Waals surface area contributed by atoms with Crippen LogP contribution < -0.4 is 15.4 Å². The van der Waals surface area contributed by atoms with Crippen LogP contribution in [0.25, 0.3) is 0 Å². The van der Waals surface area contributed by atoms with Crippen molar-refractivity contribution in [1.82, 2.24) is 15.5 Å². The third-order valence-electron chi connectivity index (χ3n) is 4.90. The lowest BCUT2D eigenvalue weighted by atomic mass is 10.1. The summed E-state index contributed by atoms with van der Waals surface area (Å²) in [6, 6.07) is 8.54. The van der Waals surface area contributed by atoms with Crippen molar-refractivity contribution in [3.05, 3.63) is 29.8 Å². The van der Waals surface area contributed by atoms with Gasteiger partial charge < -0.3 is 20.3 Å². The molecule has 1 heterocycles. The molecule has 6 nitrogen and oxygen atoms in total. The number of guanidine groups is 1. The zero-order chi connectivity index (χ0) is 19.6. The van der Waals surface area contributed by atoms with E-state index in [1.54, 1.807) is 14.2 Å². The zero-order valence-corrected chi connectivity index (χ0v) is 17.1. The summed E-state index contributed by atoms with van der Waals surface area (Å²) in [6.07, 6.45) is 4.23. The number of methoxy groups -OCH3 is 1. The topological polar surface area (TPSA) is 66.0 Å². The number of unbranched alkanes of at least 4 members (excludes halogenated alkanes) is 1. The largest absolute Gasteiger partial charge is 0.497 e. The minimum atomic E-state index is 0.0619. The lowest BCUT2D eigenvalue weighted by Gasteiger charge is -2.20. The first-order valence-corrected chi connectivity index (χ1v) is 9.92. The van der Waals surface area contributed by atoms with Gasteiger partial charge >= 0.3 is 0 Å². The van der Waals surface area contributed by atoms with Crippen LogP contribution in [0.1, 0.15) is 38.7 Å². The number of nitrogens with zero attached hydrogens (tertiary/aromatic N) is 2. The molecule has 1 atom stereocenters. The highest BCUT2D eigenvalue weighted by atomic mass is 16.5. The number of carbonyl (C=O) groups is 1. The van der Waals surface area contributed by atoms with Crippen molar-refractivity contribution < 1.29 is 9.53 Å². The molecule has 0 aromatic heterocycles. The Bertz CT molecular complexity index is 613. The average Bonchev–Trinajstić information content (AvgIpc) is 3.15. The van der Waals surface area contributed by atoms with Crippen LogP contribution in [0, 0.1) is 5.92 Å². The highest BCUT2D eigenvalue weighted by Crippen LogP contribution is 2.14. The fourth-order valence-electron chi connectivity index (χ4n) is 3.28. The number of aliphatic imine (C=N–C) groups is 1. The van der Waals surface area contributed by atoms with Gasteiger partial charge in [0.1, 0.15) is 5.75 Å².